The van der Waals surface area contributed by atoms with E-state index in [0.717, 1.165) is 22.1 Å². The first kappa shape index (κ1) is 17.3. The van der Waals surface area contributed by atoms with Gasteiger partial charge in [-0.1, -0.05) is 11.6 Å². The van der Waals surface area contributed by atoms with Crippen LogP contribution in [0.25, 0.3) is 11.0 Å². The number of β-amino-alcohol motifs (C(OH)–C–C–N with tert-alkyl or cyclic N) is 1. The van der Waals surface area contributed by atoms with Gasteiger partial charge < -0.3 is 19.3 Å². The van der Waals surface area contributed by atoms with Gasteiger partial charge in [0, 0.05) is 29.1 Å². The molecule has 0 radical (unpaired) electrons. The number of fused-ring (bicyclic) bond motifs is 1. The summed E-state index contributed by atoms with van der Waals surface area (Å²) in [4.78, 5) is 16.3. The van der Waals surface area contributed by atoms with Gasteiger partial charge in [-0.05, 0) is 45.1 Å². The number of hydrogen-bond donors (Lipinski definition) is 1. The van der Waals surface area contributed by atoms with Gasteiger partial charge in [0.2, 0.25) is 5.91 Å². The zero-order chi connectivity index (χ0) is 17.5. The van der Waals surface area contributed by atoms with Gasteiger partial charge in [0.05, 0.1) is 24.8 Å². The molecule has 1 saturated heterocycles. The molecule has 0 bridgehead atoms. The van der Waals surface area contributed by atoms with Gasteiger partial charge in [0.1, 0.15) is 5.58 Å². The van der Waals surface area contributed by atoms with Crippen LogP contribution in [-0.4, -0.2) is 60.1 Å². The minimum absolute atomic E-state index is 0.00378. The fraction of sp³-hybridized carbons (Fsp3) is 0.500. The van der Waals surface area contributed by atoms with Crippen LogP contribution in [0, 0.1) is 6.92 Å². The average Bonchev–Trinajstić information content (AvgIpc) is 3.04. The molecule has 0 saturated carbocycles. The van der Waals surface area contributed by atoms with E-state index in [4.69, 9.17) is 16.0 Å². The van der Waals surface area contributed by atoms with E-state index in [1.54, 1.807) is 11.2 Å². The van der Waals surface area contributed by atoms with Gasteiger partial charge in [0.25, 0.3) is 0 Å². The number of nitrogens with zero attached hydrogens (tertiary/aromatic N) is 2. The number of benzene rings is 1. The molecule has 130 valence electrons. The van der Waals surface area contributed by atoms with Gasteiger partial charge in [-0.2, -0.15) is 0 Å². The molecule has 1 atom stereocenters. The van der Waals surface area contributed by atoms with Gasteiger partial charge in [-0.15, -0.1) is 0 Å². The molecule has 1 aliphatic heterocycles. The van der Waals surface area contributed by atoms with Crippen LogP contribution in [0.3, 0.4) is 0 Å². The number of carbonyl (C=O) groups is 1. The Balaban J connectivity index is 1.73. The quantitative estimate of drug-likeness (QED) is 0.920. The number of furan rings is 1. The predicted molar refractivity (Wildman–Crippen MR) is 94.4 cm³/mol. The van der Waals surface area contributed by atoms with E-state index in [1.165, 1.54) is 0 Å². The predicted octanol–water partition coefficient (Wildman–Crippen LogP) is 2.46. The molecule has 1 amide bonds. The SMILES string of the molecule is Cc1cc2occ(CC(=O)N3CC[C@](O)(CN(C)C)C3)c2cc1Cl. The van der Waals surface area contributed by atoms with E-state index >= 15 is 0 Å². The van der Waals surface area contributed by atoms with E-state index < -0.39 is 5.60 Å². The topological polar surface area (TPSA) is 56.9 Å². The van der Waals surface area contributed by atoms with Crippen LogP contribution in [0.15, 0.2) is 22.8 Å². The highest BCUT2D eigenvalue weighted by molar-refractivity contribution is 6.32. The highest BCUT2D eigenvalue weighted by Crippen LogP contribution is 2.29. The molecule has 2 aromatic rings. The number of halogens is 1. The summed E-state index contributed by atoms with van der Waals surface area (Å²) in [6.07, 6.45) is 2.49. The lowest BCUT2D eigenvalue weighted by molar-refractivity contribution is -0.130. The zero-order valence-corrected chi connectivity index (χ0v) is 15.1. The van der Waals surface area contributed by atoms with Gasteiger partial charge in [-0.3, -0.25) is 4.79 Å². The van der Waals surface area contributed by atoms with Crippen molar-refractivity contribution in [3.8, 4) is 0 Å². The van der Waals surface area contributed by atoms with Crippen LogP contribution in [0.1, 0.15) is 17.5 Å². The third-order valence-corrected chi connectivity index (χ3v) is 4.98. The Morgan fingerprint density at radius 1 is 1.46 bits per heavy atom. The maximum absolute atomic E-state index is 12.6. The first-order valence-corrected chi connectivity index (χ1v) is 8.46. The second kappa shape index (κ2) is 6.39. The first-order chi connectivity index (χ1) is 11.3. The van der Waals surface area contributed by atoms with Crippen molar-refractivity contribution in [1.29, 1.82) is 0 Å². The number of rotatable bonds is 4. The van der Waals surface area contributed by atoms with Crippen molar-refractivity contribution in [3.63, 3.8) is 0 Å². The van der Waals surface area contributed by atoms with E-state index in [1.807, 2.05) is 38.1 Å². The van der Waals surface area contributed by atoms with Crippen LogP contribution >= 0.6 is 11.6 Å². The molecule has 1 aromatic carbocycles. The van der Waals surface area contributed by atoms with Crippen molar-refractivity contribution in [2.24, 2.45) is 0 Å². The minimum atomic E-state index is -0.821. The van der Waals surface area contributed by atoms with Gasteiger partial charge >= 0.3 is 0 Å². The number of likely N-dealkylation sites (tertiary alicyclic amines) is 1. The lowest BCUT2D eigenvalue weighted by Gasteiger charge is -2.26. The van der Waals surface area contributed by atoms with Crippen molar-refractivity contribution < 1.29 is 14.3 Å². The molecule has 2 heterocycles. The van der Waals surface area contributed by atoms with Crippen molar-refractivity contribution in [3.05, 3.63) is 34.5 Å². The number of amides is 1. The molecule has 1 aliphatic rings. The molecule has 24 heavy (non-hydrogen) atoms. The summed E-state index contributed by atoms with van der Waals surface area (Å²) < 4.78 is 5.56. The third-order valence-electron chi connectivity index (χ3n) is 4.57. The number of aliphatic hydroxyl groups is 1. The Morgan fingerprint density at radius 2 is 2.21 bits per heavy atom. The lowest BCUT2D eigenvalue weighted by atomic mass is 10.0. The molecule has 3 rings (SSSR count). The maximum atomic E-state index is 12.6. The van der Waals surface area contributed by atoms with Crippen LogP contribution in [-0.2, 0) is 11.2 Å². The number of hydrogen-bond acceptors (Lipinski definition) is 4. The molecular formula is C18H23ClN2O3. The Morgan fingerprint density at radius 3 is 2.92 bits per heavy atom. The van der Waals surface area contributed by atoms with Crippen molar-refractivity contribution >= 4 is 28.5 Å². The summed E-state index contributed by atoms with van der Waals surface area (Å²) in [6.45, 7) is 3.43. The summed E-state index contributed by atoms with van der Waals surface area (Å²) in [5.41, 5.74) is 1.70. The molecule has 1 fully saturated rings. The average molecular weight is 351 g/mol. The molecule has 1 aromatic heterocycles. The number of carbonyl (C=O) groups excluding carboxylic acids is 1. The van der Waals surface area contributed by atoms with E-state index in [2.05, 4.69) is 0 Å². The summed E-state index contributed by atoms with van der Waals surface area (Å²) in [5.74, 6) is 0.00378. The van der Waals surface area contributed by atoms with E-state index in [-0.39, 0.29) is 12.3 Å². The molecule has 0 unspecified atom stereocenters. The van der Waals surface area contributed by atoms with Crippen LogP contribution in [0.5, 0.6) is 0 Å². The summed E-state index contributed by atoms with van der Waals surface area (Å²) >= 11 is 6.19. The molecule has 0 spiro atoms. The first-order valence-electron chi connectivity index (χ1n) is 8.08. The number of aryl methyl sites for hydroxylation is 1. The molecule has 5 nitrogen and oxygen atoms in total. The summed E-state index contributed by atoms with van der Waals surface area (Å²) in [6, 6.07) is 3.74. The molecule has 0 aliphatic carbocycles. The molecule has 6 heteroatoms. The molecular weight excluding hydrogens is 328 g/mol. The standard InChI is InChI=1S/C18H23ClN2O3/c1-12-6-16-14(8-15(12)19)13(9-24-16)7-17(22)21-5-4-18(23,11-21)10-20(2)3/h6,8-9,23H,4-5,7,10-11H2,1-3H3/t18-/m0/s1. The Labute approximate surface area is 146 Å². The summed E-state index contributed by atoms with van der Waals surface area (Å²) in [5, 5.41) is 12.1. The minimum Gasteiger partial charge on any atom is -0.464 e. The van der Waals surface area contributed by atoms with Crippen LogP contribution in [0.2, 0.25) is 5.02 Å². The fourth-order valence-electron chi connectivity index (χ4n) is 3.40. The van der Waals surface area contributed by atoms with Gasteiger partial charge in [0.15, 0.2) is 0 Å². The van der Waals surface area contributed by atoms with E-state index in [9.17, 15) is 9.90 Å². The second-order valence-electron chi connectivity index (χ2n) is 7.06. The van der Waals surface area contributed by atoms with E-state index in [0.29, 0.717) is 31.1 Å². The van der Waals surface area contributed by atoms with Crippen LogP contribution in [0.4, 0.5) is 0 Å². The summed E-state index contributed by atoms with van der Waals surface area (Å²) in [7, 11) is 3.84. The van der Waals surface area contributed by atoms with Crippen molar-refractivity contribution in [2.75, 3.05) is 33.7 Å². The third kappa shape index (κ3) is 3.43. The highest BCUT2D eigenvalue weighted by Gasteiger charge is 2.38. The smallest absolute Gasteiger partial charge is 0.227 e. The van der Waals surface area contributed by atoms with Crippen LogP contribution < -0.4 is 0 Å². The Bertz CT molecular complexity index is 771. The normalized spacial score (nSPS) is 21.2. The largest absolute Gasteiger partial charge is 0.464 e. The molecule has 1 N–H and O–H groups in total. The zero-order valence-electron chi connectivity index (χ0n) is 14.3. The lowest BCUT2D eigenvalue weighted by Crippen LogP contribution is -2.43. The second-order valence-corrected chi connectivity index (χ2v) is 7.47. The number of likely N-dealkylation sites (N-methyl/N-ethyl adjacent to an activating group) is 1. The fourth-order valence-corrected chi connectivity index (χ4v) is 3.56. The Kier molecular flexibility index (Phi) is 4.60. The highest BCUT2D eigenvalue weighted by atomic mass is 35.5. The van der Waals surface area contributed by atoms with Gasteiger partial charge in [-0.25, -0.2) is 0 Å². The monoisotopic (exact) mass is 350 g/mol. The Hall–Kier alpha value is -1.56. The van der Waals surface area contributed by atoms with Crippen molar-refractivity contribution in [1.82, 2.24) is 9.80 Å². The van der Waals surface area contributed by atoms with Crippen molar-refractivity contribution in [2.45, 2.75) is 25.4 Å². The maximum Gasteiger partial charge on any atom is 0.227 e.